The van der Waals surface area contributed by atoms with Crippen molar-refractivity contribution in [1.29, 1.82) is 0 Å². The summed E-state index contributed by atoms with van der Waals surface area (Å²) in [5.74, 6) is 1.57. The summed E-state index contributed by atoms with van der Waals surface area (Å²) in [6.45, 7) is 19.6. The van der Waals surface area contributed by atoms with Gasteiger partial charge in [0, 0.05) is 51.9 Å². The fourth-order valence-corrected chi connectivity index (χ4v) is 6.29. The first-order chi connectivity index (χ1) is 18.9. The predicted molar refractivity (Wildman–Crippen MR) is 166 cm³/mol. The average molecular weight is 547 g/mol. The van der Waals surface area contributed by atoms with Crippen LogP contribution < -0.4 is 10.6 Å². The zero-order valence-corrected chi connectivity index (χ0v) is 26.3. The van der Waals surface area contributed by atoms with Crippen molar-refractivity contribution < 1.29 is 9.84 Å². The number of benzene rings is 1. The third kappa shape index (κ3) is 12.6. The van der Waals surface area contributed by atoms with Crippen LogP contribution in [0, 0.1) is 11.8 Å². The maximum atomic E-state index is 10.9. The van der Waals surface area contributed by atoms with E-state index in [1.165, 1.54) is 64.5 Å². The van der Waals surface area contributed by atoms with Gasteiger partial charge in [0.1, 0.15) is 0 Å². The predicted octanol–water partition coefficient (Wildman–Crippen LogP) is 5.68. The second-order valence-corrected chi connectivity index (χ2v) is 12.4. The van der Waals surface area contributed by atoms with Gasteiger partial charge in [-0.25, -0.2) is 0 Å². The standard InChI is InChI=1S/C33H62N4O2/c1-7-11-16-28(9-3)22-36-25-33(5,26-37(27-36)23-29(10-4)17-12-8-2)35-21-20-34-31(24-39-6)32(38)30-18-14-13-15-19-30/h13-15,18-19,28-29,31-32,34-35,38H,7-12,16-17,20-27H2,1-6H3/t28?,29?,31-,32-,33?/m0/s1. The van der Waals surface area contributed by atoms with Gasteiger partial charge in [0.15, 0.2) is 0 Å². The summed E-state index contributed by atoms with van der Waals surface area (Å²) in [5.41, 5.74) is 0.966. The molecule has 0 spiro atoms. The minimum Gasteiger partial charge on any atom is -0.387 e. The first-order valence-electron chi connectivity index (χ1n) is 16.0. The molecule has 0 aliphatic carbocycles. The van der Waals surface area contributed by atoms with Gasteiger partial charge in [-0.05, 0) is 37.2 Å². The summed E-state index contributed by atoms with van der Waals surface area (Å²) < 4.78 is 5.44. The van der Waals surface area contributed by atoms with Gasteiger partial charge < -0.3 is 20.5 Å². The molecular weight excluding hydrogens is 484 g/mol. The Balaban J connectivity index is 2.00. The number of aliphatic hydroxyl groups excluding tert-OH is 1. The Labute approximate surface area is 241 Å². The Morgan fingerprint density at radius 1 is 0.897 bits per heavy atom. The van der Waals surface area contributed by atoms with E-state index in [4.69, 9.17) is 4.74 Å². The monoisotopic (exact) mass is 546 g/mol. The van der Waals surface area contributed by atoms with E-state index in [0.717, 1.165) is 50.2 Å². The molecule has 0 saturated carbocycles. The summed E-state index contributed by atoms with van der Waals surface area (Å²) in [4.78, 5) is 5.46. The second-order valence-electron chi connectivity index (χ2n) is 12.4. The molecule has 1 heterocycles. The maximum absolute atomic E-state index is 10.9. The van der Waals surface area contributed by atoms with E-state index in [9.17, 15) is 5.11 Å². The zero-order chi connectivity index (χ0) is 28.5. The van der Waals surface area contributed by atoms with E-state index in [0.29, 0.717) is 6.61 Å². The van der Waals surface area contributed by atoms with Gasteiger partial charge >= 0.3 is 0 Å². The Bertz CT molecular complexity index is 708. The molecule has 1 aliphatic heterocycles. The van der Waals surface area contributed by atoms with E-state index in [1.54, 1.807) is 7.11 Å². The molecule has 1 saturated heterocycles. The van der Waals surface area contributed by atoms with Crippen molar-refractivity contribution in [2.24, 2.45) is 11.8 Å². The number of hydrogen-bond acceptors (Lipinski definition) is 6. The zero-order valence-electron chi connectivity index (χ0n) is 26.3. The van der Waals surface area contributed by atoms with Crippen LogP contribution >= 0.6 is 0 Å². The van der Waals surface area contributed by atoms with Crippen molar-refractivity contribution in [2.75, 3.05) is 59.7 Å². The summed E-state index contributed by atoms with van der Waals surface area (Å²) in [7, 11) is 1.70. The number of methoxy groups -OCH3 is 1. The first-order valence-corrected chi connectivity index (χ1v) is 16.0. The van der Waals surface area contributed by atoms with E-state index >= 15 is 0 Å². The van der Waals surface area contributed by atoms with Gasteiger partial charge in [-0.3, -0.25) is 9.80 Å². The van der Waals surface area contributed by atoms with Crippen LogP contribution in [0.25, 0.3) is 0 Å². The average Bonchev–Trinajstić information content (AvgIpc) is 2.94. The minimum atomic E-state index is -0.592. The molecule has 6 heteroatoms. The van der Waals surface area contributed by atoms with E-state index in [2.05, 4.69) is 55.1 Å². The van der Waals surface area contributed by atoms with Crippen LogP contribution in [0.5, 0.6) is 0 Å². The molecule has 0 amide bonds. The van der Waals surface area contributed by atoms with Gasteiger partial charge in [-0.1, -0.05) is 96.6 Å². The molecule has 1 aromatic carbocycles. The lowest BCUT2D eigenvalue weighted by Crippen LogP contribution is -2.65. The highest BCUT2D eigenvalue weighted by molar-refractivity contribution is 5.18. The molecule has 0 aromatic heterocycles. The third-order valence-electron chi connectivity index (χ3n) is 8.62. The van der Waals surface area contributed by atoms with Crippen LogP contribution in [0.4, 0.5) is 0 Å². The topological polar surface area (TPSA) is 60.0 Å². The molecule has 2 rings (SSSR count). The van der Waals surface area contributed by atoms with Gasteiger partial charge in [0.05, 0.1) is 25.4 Å². The Morgan fingerprint density at radius 2 is 1.46 bits per heavy atom. The molecule has 39 heavy (non-hydrogen) atoms. The Morgan fingerprint density at radius 3 is 1.95 bits per heavy atom. The lowest BCUT2D eigenvalue weighted by atomic mass is 9.93. The second kappa shape index (κ2) is 19.2. The first kappa shape index (κ1) is 34.2. The molecule has 4 atom stereocenters. The number of unbranched alkanes of at least 4 members (excludes halogenated alkanes) is 2. The van der Waals surface area contributed by atoms with Crippen LogP contribution in [0.15, 0.2) is 30.3 Å². The quantitative estimate of drug-likeness (QED) is 0.173. The third-order valence-corrected chi connectivity index (χ3v) is 8.62. The molecule has 0 bridgehead atoms. The lowest BCUT2D eigenvalue weighted by molar-refractivity contribution is 0.00479. The summed E-state index contributed by atoms with van der Waals surface area (Å²) in [6.07, 6.45) is 9.87. The SMILES string of the molecule is CCCCC(CC)CN1CN(CC(CC)CCCC)CC(C)(NCCN[C@@H](COC)[C@@H](O)c2ccccc2)C1. The smallest absolute Gasteiger partial charge is 0.0965 e. The van der Waals surface area contributed by atoms with Gasteiger partial charge in [0.2, 0.25) is 0 Å². The number of rotatable bonds is 21. The molecular formula is C33H62N4O2. The van der Waals surface area contributed by atoms with Crippen molar-refractivity contribution in [1.82, 2.24) is 20.4 Å². The summed E-state index contributed by atoms with van der Waals surface area (Å²) in [6, 6.07) is 9.75. The fraction of sp³-hybridized carbons (Fsp3) is 0.818. The summed E-state index contributed by atoms with van der Waals surface area (Å²) >= 11 is 0. The van der Waals surface area contributed by atoms with Crippen molar-refractivity contribution in [2.45, 2.75) is 104 Å². The van der Waals surface area contributed by atoms with Crippen molar-refractivity contribution in [3.63, 3.8) is 0 Å². The number of nitrogens with zero attached hydrogens (tertiary/aromatic N) is 2. The molecule has 1 aliphatic rings. The molecule has 226 valence electrons. The van der Waals surface area contributed by atoms with E-state index in [-0.39, 0.29) is 11.6 Å². The largest absolute Gasteiger partial charge is 0.387 e. The van der Waals surface area contributed by atoms with Crippen molar-refractivity contribution in [3.05, 3.63) is 35.9 Å². The van der Waals surface area contributed by atoms with Crippen molar-refractivity contribution >= 4 is 0 Å². The van der Waals surface area contributed by atoms with Crippen LogP contribution in [0.1, 0.15) is 97.7 Å². The van der Waals surface area contributed by atoms with Gasteiger partial charge in [-0.2, -0.15) is 0 Å². The molecule has 1 fully saturated rings. The molecule has 1 aromatic rings. The van der Waals surface area contributed by atoms with Crippen LogP contribution in [-0.2, 0) is 4.74 Å². The normalized spacial score (nSPS) is 22.0. The van der Waals surface area contributed by atoms with Crippen LogP contribution in [0.3, 0.4) is 0 Å². The Hall–Kier alpha value is -1.02. The van der Waals surface area contributed by atoms with E-state index in [1.807, 2.05) is 30.3 Å². The fourth-order valence-electron chi connectivity index (χ4n) is 6.29. The van der Waals surface area contributed by atoms with Gasteiger partial charge in [0.25, 0.3) is 0 Å². The van der Waals surface area contributed by atoms with Crippen molar-refractivity contribution in [3.8, 4) is 0 Å². The number of nitrogens with one attached hydrogen (secondary N) is 2. The molecule has 6 nitrogen and oxygen atoms in total. The number of ether oxygens (including phenoxy) is 1. The minimum absolute atomic E-state index is 0.0425. The maximum Gasteiger partial charge on any atom is 0.0965 e. The molecule has 0 radical (unpaired) electrons. The molecule has 3 N–H and O–H groups in total. The number of aliphatic hydroxyl groups is 1. The highest BCUT2D eigenvalue weighted by atomic mass is 16.5. The van der Waals surface area contributed by atoms with Crippen LogP contribution in [-0.4, -0.2) is 86.1 Å². The summed E-state index contributed by atoms with van der Waals surface area (Å²) in [5, 5.41) is 18.4. The molecule has 2 unspecified atom stereocenters. The van der Waals surface area contributed by atoms with Gasteiger partial charge in [-0.15, -0.1) is 0 Å². The Kier molecular flexibility index (Phi) is 16.8. The lowest BCUT2D eigenvalue weighted by Gasteiger charge is -2.48. The highest BCUT2D eigenvalue weighted by Crippen LogP contribution is 2.24. The van der Waals surface area contributed by atoms with Crippen LogP contribution in [0.2, 0.25) is 0 Å². The van der Waals surface area contributed by atoms with E-state index < -0.39 is 6.10 Å². The number of hydrogen-bond donors (Lipinski definition) is 3. The highest BCUT2D eigenvalue weighted by Gasteiger charge is 2.35.